The average molecular weight is 626 g/mol. The Morgan fingerprint density at radius 1 is 0.733 bits per heavy atom. The van der Waals surface area contributed by atoms with Crippen LogP contribution in [0.5, 0.6) is 0 Å². The molecule has 1 aromatic heterocycles. The molecule has 0 aliphatic carbocycles. The number of rotatable bonds is 6. The minimum atomic E-state index is -0.538. The van der Waals surface area contributed by atoms with Crippen molar-refractivity contribution in [2.75, 3.05) is 4.90 Å². The highest BCUT2D eigenvalue weighted by Gasteiger charge is 2.59. The predicted molar refractivity (Wildman–Crippen MR) is 203 cm³/mol. The van der Waals surface area contributed by atoms with Crippen LogP contribution in [-0.2, 0) is 31.1 Å². The van der Waals surface area contributed by atoms with E-state index in [-0.39, 0.29) is 17.3 Å². The second-order valence-corrected chi connectivity index (χ2v) is 18.0. The summed E-state index contributed by atoms with van der Waals surface area (Å²) in [5.41, 5.74) is 14.9. The molecule has 2 atom stereocenters. The molecule has 45 heavy (non-hydrogen) atoms. The standard InChI is InChI=1S/C41H45BNPS/c1-9-25-14-17-29(18-15-25)43-33-23-28(12-4)24-34-36(33)42(39-37(43)30-20-26(10-2)16-19-35(30)45-39)32-22-27(11-3)21-31-38(32)44(34)40(6,7)41(31,8)13-5/h14-24H,9-13H2,1-8H3. The Labute approximate surface area is 275 Å². The summed E-state index contributed by atoms with van der Waals surface area (Å²) < 4.78 is 2.94. The Morgan fingerprint density at radius 2 is 1.40 bits per heavy atom. The van der Waals surface area contributed by atoms with Gasteiger partial charge in [-0.25, -0.2) is 0 Å². The molecule has 5 aromatic rings. The molecular formula is C41H45BNPS. The molecule has 4 heterocycles. The lowest BCUT2D eigenvalue weighted by atomic mass is 9.37. The van der Waals surface area contributed by atoms with Crippen LogP contribution in [0.2, 0.25) is 0 Å². The molecule has 3 aliphatic heterocycles. The molecule has 0 saturated heterocycles. The maximum atomic E-state index is 2.68. The van der Waals surface area contributed by atoms with Crippen LogP contribution >= 0.6 is 19.3 Å². The second-order valence-electron chi connectivity index (χ2n) is 14.2. The number of hydrogen-bond acceptors (Lipinski definition) is 2. The fraction of sp³-hybridized carbons (Fsp3) is 0.366. The highest BCUT2D eigenvalue weighted by molar-refractivity contribution is 7.77. The van der Waals surface area contributed by atoms with Gasteiger partial charge in [-0.1, -0.05) is 97.3 Å². The number of anilines is 3. The van der Waals surface area contributed by atoms with Crippen LogP contribution in [0.1, 0.15) is 89.6 Å². The summed E-state index contributed by atoms with van der Waals surface area (Å²) >= 11 is 2.05. The van der Waals surface area contributed by atoms with Gasteiger partial charge in [0.2, 0.25) is 0 Å². The molecule has 4 aromatic carbocycles. The van der Waals surface area contributed by atoms with Crippen molar-refractivity contribution in [3.05, 3.63) is 94.5 Å². The van der Waals surface area contributed by atoms with Crippen molar-refractivity contribution in [1.82, 2.24) is 0 Å². The smallest absolute Gasteiger partial charge is 0.260 e. The van der Waals surface area contributed by atoms with Crippen LogP contribution in [0, 0.1) is 0 Å². The van der Waals surface area contributed by atoms with E-state index in [9.17, 15) is 0 Å². The Morgan fingerprint density at radius 3 is 2.07 bits per heavy atom. The Hall–Kier alpha value is -2.87. The average Bonchev–Trinajstić information content (AvgIpc) is 3.52. The van der Waals surface area contributed by atoms with Crippen molar-refractivity contribution in [2.45, 2.75) is 98.1 Å². The normalized spacial score (nSPS) is 20.4. The van der Waals surface area contributed by atoms with Crippen molar-refractivity contribution in [3.63, 3.8) is 0 Å². The van der Waals surface area contributed by atoms with Gasteiger partial charge in [0.1, 0.15) is 0 Å². The zero-order valence-corrected chi connectivity index (χ0v) is 30.0. The first-order valence-corrected chi connectivity index (χ1v) is 19.4. The molecule has 0 spiro atoms. The van der Waals surface area contributed by atoms with Gasteiger partial charge in [-0.3, -0.25) is 0 Å². The molecule has 0 amide bonds. The third kappa shape index (κ3) is 3.84. The molecule has 0 N–H and O–H groups in total. The fourth-order valence-corrected chi connectivity index (χ4v) is 14.0. The van der Waals surface area contributed by atoms with Gasteiger partial charge in [0.05, 0.1) is 5.69 Å². The molecule has 0 radical (unpaired) electrons. The molecule has 228 valence electrons. The monoisotopic (exact) mass is 625 g/mol. The van der Waals surface area contributed by atoms with Gasteiger partial charge < -0.3 is 4.90 Å². The quantitative estimate of drug-likeness (QED) is 0.132. The second kappa shape index (κ2) is 10.3. The summed E-state index contributed by atoms with van der Waals surface area (Å²) in [5.74, 6) is 0. The molecule has 0 bridgehead atoms. The summed E-state index contributed by atoms with van der Waals surface area (Å²) in [6.07, 6.45) is 5.41. The minimum absolute atomic E-state index is 0.144. The third-order valence-electron chi connectivity index (χ3n) is 12.0. The van der Waals surface area contributed by atoms with E-state index >= 15 is 0 Å². The summed E-state index contributed by atoms with van der Waals surface area (Å²) in [4.78, 5) is 2.68. The summed E-state index contributed by atoms with van der Waals surface area (Å²) in [6, 6.07) is 27.1. The molecular weight excluding hydrogens is 580 g/mol. The third-order valence-corrected chi connectivity index (χ3v) is 16.6. The van der Waals surface area contributed by atoms with Gasteiger partial charge in [0.25, 0.3) is 6.71 Å². The van der Waals surface area contributed by atoms with Crippen molar-refractivity contribution in [3.8, 4) is 0 Å². The molecule has 1 nitrogen and oxygen atoms in total. The van der Waals surface area contributed by atoms with E-state index < -0.39 is 7.92 Å². The van der Waals surface area contributed by atoms with Crippen LogP contribution < -0.4 is 31.2 Å². The molecule has 0 saturated carbocycles. The number of benzene rings is 4. The van der Waals surface area contributed by atoms with E-state index in [1.54, 1.807) is 27.1 Å². The molecule has 2 unspecified atom stereocenters. The molecule has 4 heteroatoms. The van der Waals surface area contributed by atoms with Gasteiger partial charge in [0.15, 0.2) is 0 Å². The zero-order valence-electron chi connectivity index (χ0n) is 28.3. The Bertz CT molecular complexity index is 2000. The SMILES string of the molecule is CCc1ccc(N2c3cc(CC)cc4c3B(c3cc(CC)cc5c3P4C(C)(C)C5(C)CC)c3sc4ccc(CC)cc4c32)cc1. The number of thiophene rings is 1. The lowest BCUT2D eigenvalue weighted by Crippen LogP contribution is -2.67. The van der Waals surface area contributed by atoms with Gasteiger partial charge in [0, 0.05) is 36.8 Å². The van der Waals surface area contributed by atoms with E-state index in [4.69, 9.17) is 0 Å². The van der Waals surface area contributed by atoms with Crippen LogP contribution in [-0.4, -0.2) is 11.9 Å². The van der Waals surface area contributed by atoms with Gasteiger partial charge >= 0.3 is 0 Å². The van der Waals surface area contributed by atoms with Crippen molar-refractivity contribution in [2.24, 2.45) is 0 Å². The lowest BCUT2D eigenvalue weighted by Gasteiger charge is -2.46. The zero-order chi connectivity index (χ0) is 31.4. The van der Waals surface area contributed by atoms with Crippen molar-refractivity contribution >= 4 is 79.4 Å². The van der Waals surface area contributed by atoms with Crippen molar-refractivity contribution < 1.29 is 0 Å². The number of fused-ring (bicyclic) bond motifs is 6. The largest absolute Gasteiger partial charge is 0.310 e. The Kier molecular flexibility index (Phi) is 6.77. The fourth-order valence-electron chi connectivity index (χ4n) is 8.76. The summed E-state index contributed by atoms with van der Waals surface area (Å²) in [7, 11) is -0.538. The van der Waals surface area contributed by atoms with E-state index in [1.807, 2.05) is 11.3 Å². The summed E-state index contributed by atoms with van der Waals surface area (Å²) in [5, 5.41) is 4.94. The first-order chi connectivity index (χ1) is 21.7. The van der Waals surface area contributed by atoms with E-state index in [1.165, 1.54) is 60.6 Å². The van der Waals surface area contributed by atoms with Crippen LogP contribution in [0.25, 0.3) is 10.1 Å². The van der Waals surface area contributed by atoms with Crippen LogP contribution in [0.3, 0.4) is 0 Å². The minimum Gasteiger partial charge on any atom is -0.310 e. The summed E-state index contributed by atoms with van der Waals surface area (Å²) in [6.45, 7) is 19.7. The van der Waals surface area contributed by atoms with Crippen LogP contribution in [0.15, 0.2) is 66.7 Å². The van der Waals surface area contributed by atoms with Crippen molar-refractivity contribution in [1.29, 1.82) is 0 Å². The van der Waals surface area contributed by atoms with E-state index in [0.717, 1.165) is 25.7 Å². The molecule has 3 aliphatic rings. The van der Waals surface area contributed by atoms with Gasteiger partial charge in [-0.2, -0.15) is 0 Å². The highest BCUT2D eigenvalue weighted by Crippen LogP contribution is 2.65. The Balaban J connectivity index is 1.54. The predicted octanol–water partition coefficient (Wildman–Crippen LogP) is 8.66. The number of aryl methyl sites for hydroxylation is 4. The van der Waals surface area contributed by atoms with E-state index in [2.05, 4.69) is 127 Å². The van der Waals surface area contributed by atoms with Crippen LogP contribution in [0.4, 0.5) is 17.1 Å². The first-order valence-electron chi connectivity index (χ1n) is 17.3. The maximum Gasteiger partial charge on any atom is 0.260 e. The first kappa shape index (κ1) is 29.5. The number of nitrogens with zero attached hydrogens (tertiary/aromatic N) is 1. The lowest BCUT2D eigenvalue weighted by molar-refractivity contribution is 0.368. The molecule has 8 rings (SSSR count). The van der Waals surface area contributed by atoms with Gasteiger partial charge in [-0.05, 0) is 114 Å². The van der Waals surface area contributed by atoms with E-state index in [0.29, 0.717) is 0 Å². The maximum absolute atomic E-state index is 2.68. The number of hydrogen-bond donors (Lipinski definition) is 0. The van der Waals surface area contributed by atoms with Gasteiger partial charge in [-0.15, -0.1) is 11.3 Å². The topological polar surface area (TPSA) is 3.24 Å². The molecule has 0 fully saturated rings. The highest BCUT2D eigenvalue weighted by atomic mass is 32.1.